The van der Waals surface area contributed by atoms with Crippen molar-refractivity contribution in [2.75, 3.05) is 0 Å². The van der Waals surface area contributed by atoms with E-state index in [9.17, 15) is 0 Å². The monoisotopic (exact) mass is 1840 g/mol. The molecule has 0 spiro atoms. The zero-order valence-electron chi connectivity index (χ0n) is 77.6. The Morgan fingerprint density at radius 2 is 0.292 bits per heavy atom. The van der Waals surface area contributed by atoms with E-state index in [1.54, 1.807) is 0 Å². The van der Waals surface area contributed by atoms with E-state index in [1.807, 2.05) is 182 Å². The smallest absolute Gasteiger partial charge is 0.238 e. The molecule has 0 amide bonds. The SMILES string of the molecule is c1ccc(-c2nc(-c3ccccc3)nc(-c3ccc(-n4c5ccccc5c5cc6c7ccccc7n(-c7ccccc7)c6cc54)cc3)n2)cc1.c1ccc(-c2nc(-c3ccccc3)nc(-c3ccc(-n4c5ccccc5c5ccc6c7ccccc7n(-c7ccccc7)c6c54)cc3)n2)cc1.c1ccc(-c2nc(-c3ccccc3)nc(-n3c4ccccc4c4ccc5c6ccccc6n(-c6ccccc6)c5c43)n2)cc1. The van der Waals surface area contributed by atoms with Crippen molar-refractivity contribution in [2.24, 2.45) is 0 Å². The molecule has 9 heterocycles. The van der Waals surface area contributed by atoms with Crippen LogP contribution in [0, 0.1) is 0 Å². The van der Waals surface area contributed by atoms with E-state index < -0.39 is 0 Å². The maximum absolute atomic E-state index is 5.17. The maximum Gasteiger partial charge on any atom is 0.238 e. The lowest BCUT2D eigenvalue weighted by Crippen LogP contribution is -2.07. The molecular formula is C129H83N15. The Morgan fingerprint density at radius 3 is 0.556 bits per heavy atom. The number of benzene rings is 20. The molecule has 0 unspecified atom stereocenters. The minimum absolute atomic E-state index is 0.585. The number of hydrogen-bond acceptors (Lipinski definition) is 9. The van der Waals surface area contributed by atoms with Crippen LogP contribution >= 0.6 is 0 Å². The van der Waals surface area contributed by atoms with Gasteiger partial charge >= 0.3 is 0 Å². The normalized spacial score (nSPS) is 11.6. The minimum Gasteiger partial charge on any atom is -0.309 e. The van der Waals surface area contributed by atoms with E-state index in [4.69, 9.17) is 44.9 Å². The molecule has 9 aromatic heterocycles. The molecule has 144 heavy (non-hydrogen) atoms. The standard InChI is InChI=1S/2C45H29N5.C39H25N5/c1-4-14-30(15-5-1)43-46-44(31-16-6-2-7-17-31)48-45(47-43)32-24-26-34(27-25-32)50-40-23-13-11-21-36(40)38-28-37-35-20-10-12-22-39(35)49(41(37)29-42(38)50)33-18-8-3-9-19-33;1-4-14-30(15-5-1)43-46-44(31-16-6-2-7-17-31)48-45(47-43)32-24-26-34(27-25-32)50-40-23-13-11-21-36(40)38-29-28-37-35-20-10-12-22-39(35)49(41(37)42(38)50)33-18-8-3-9-19-33;1-4-14-26(15-5-1)37-40-38(27-16-6-2-7-17-27)42-39(41-37)44-34-23-13-11-21-30(34)32-25-24-31-29-20-10-12-22-33(29)43(35(31)36(32)44)28-18-8-3-9-19-28/h2*1-29H;1-25H. The van der Waals surface area contributed by atoms with Crippen LogP contribution in [0.4, 0.5) is 0 Å². The predicted octanol–water partition coefficient (Wildman–Crippen LogP) is 31.5. The summed E-state index contributed by atoms with van der Waals surface area (Å²) in [4.78, 5) is 44.9. The first-order valence-electron chi connectivity index (χ1n) is 48.3. The van der Waals surface area contributed by atoms with Crippen LogP contribution < -0.4 is 0 Å². The molecule has 0 radical (unpaired) electrons. The molecule has 0 atom stereocenters. The van der Waals surface area contributed by atoms with Gasteiger partial charge in [0, 0.05) is 138 Å². The van der Waals surface area contributed by atoms with E-state index in [0.29, 0.717) is 52.5 Å². The fraction of sp³-hybridized carbons (Fsp3) is 0. The first-order chi connectivity index (χ1) is 71.5. The molecule has 0 N–H and O–H groups in total. The number of rotatable bonds is 14. The highest BCUT2D eigenvalue weighted by molar-refractivity contribution is 6.26. The summed E-state index contributed by atoms with van der Waals surface area (Å²) in [7, 11) is 0. The largest absolute Gasteiger partial charge is 0.309 e. The highest BCUT2D eigenvalue weighted by Gasteiger charge is 2.28. The molecule has 15 nitrogen and oxygen atoms in total. The van der Waals surface area contributed by atoms with Gasteiger partial charge in [0.15, 0.2) is 46.6 Å². The van der Waals surface area contributed by atoms with Gasteiger partial charge in [-0.3, -0.25) is 4.57 Å². The average molecular weight is 1840 g/mol. The second-order valence-corrected chi connectivity index (χ2v) is 35.9. The lowest BCUT2D eigenvalue weighted by molar-refractivity contribution is 0.953. The minimum atomic E-state index is 0.585. The molecule has 0 saturated heterocycles. The Labute approximate surface area is 826 Å². The number of nitrogens with zero attached hydrogens (tertiary/aromatic N) is 15. The molecule has 0 aliphatic heterocycles. The summed E-state index contributed by atoms with van der Waals surface area (Å²) >= 11 is 0. The van der Waals surface area contributed by atoms with E-state index in [0.717, 1.165) is 122 Å². The third-order valence-corrected chi connectivity index (χ3v) is 27.5. The van der Waals surface area contributed by atoms with Crippen molar-refractivity contribution < 1.29 is 0 Å². The number of fused-ring (bicyclic) bond motifs is 20. The van der Waals surface area contributed by atoms with Gasteiger partial charge in [-0.15, -0.1) is 0 Å². The maximum atomic E-state index is 5.17. The van der Waals surface area contributed by atoms with E-state index >= 15 is 0 Å². The topological polar surface area (TPSA) is 146 Å². The molecule has 0 bridgehead atoms. The Bertz CT molecular complexity index is 9790. The molecule has 20 aromatic carbocycles. The highest BCUT2D eigenvalue weighted by atomic mass is 15.2. The van der Waals surface area contributed by atoms with Gasteiger partial charge in [-0.2, -0.15) is 9.97 Å². The molecule has 0 saturated carbocycles. The van der Waals surface area contributed by atoms with Gasteiger partial charge in [0.2, 0.25) is 5.95 Å². The van der Waals surface area contributed by atoms with E-state index in [1.165, 1.54) is 81.4 Å². The van der Waals surface area contributed by atoms with Gasteiger partial charge < -0.3 is 22.8 Å². The van der Waals surface area contributed by atoms with Gasteiger partial charge in [0.05, 0.1) is 66.2 Å². The predicted molar refractivity (Wildman–Crippen MR) is 589 cm³/mol. The molecule has 0 aliphatic rings. The van der Waals surface area contributed by atoms with Crippen molar-refractivity contribution in [3.8, 4) is 125 Å². The van der Waals surface area contributed by atoms with Crippen LogP contribution in [-0.2, 0) is 0 Å². The summed E-state index contributed by atoms with van der Waals surface area (Å²) in [6, 6.07) is 175. The summed E-state index contributed by atoms with van der Waals surface area (Å²) in [5, 5.41) is 14.5. The Hall–Kier alpha value is -19.8. The van der Waals surface area contributed by atoms with Crippen molar-refractivity contribution in [3.05, 3.63) is 504 Å². The second kappa shape index (κ2) is 35.3. The highest BCUT2D eigenvalue weighted by Crippen LogP contribution is 2.47. The first kappa shape index (κ1) is 83.6. The Balaban J connectivity index is 0.000000108. The molecule has 0 aliphatic carbocycles. The van der Waals surface area contributed by atoms with Crippen molar-refractivity contribution in [3.63, 3.8) is 0 Å². The van der Waals surface area contributed by atoms with Crippen molar-refractivity contribution in [1.82, 2.24) is 72.3 Å². The number of para-hydroxylation sites is 9. The second-order valence-electron chi connectivity index (χ2n) is 35.9. The van der Waals surface area contributed by atoms with Gasteiger partial charge in [0.25, 0.3) is 0 Å². The zero-order chi connectivity index (χ0) is 95.1. The zero-order valence-corrected chi connectivity index (χ0v) is 77.6. The van der Waals surface area contributed by atoms with Gasteiger partial charge in [-0.1, -0.05) is 370 Å². The van der Waals surface area contributed by atoms with Crippen LogP contribution in [0.2, 0.25) is 0 Å². The van der Waals surface area contributed by atoms with Crippen molar-refractivity contribution in [1.29, 1.82) is 0 Å². The summed E-state index contributed by atoms with van der Waals surface area (Å²) < 4.78 is 14.2. The summed E-state index contributed by atoms with van der Waals surface area (Å²) in [5.41, 5.74) is 26.9. The first-order valence-corrected chi connectivity index (χ1v) is 48.3. The van der Waals surface area contributed by atoms with E-state index in [-0.39, 0.29) is 0 Å². The van der Waals surface area contributed by atoms with Gasteiger partial charge in [-0.05, 0) is 133 Å². The van der Waals surface area contributed by atoms with Crippen LogP contribution in [0.25, 0.3) is 256 Å². The molecule has 29 rings (SSSR count). The Kier molecular flexibility index (Phi) is 20.5. The lowest BCUT2D eigenvalue weighted by atomic mass is 10.1. The quantitative estimate of drug-likeness (QED) is 0.104. The van der Waals surface area contributed by atoms with Crippen LogP contribution in [0.15, 0.2) is 504 Å². The molecule has 674 valence electrons. The average Bonchev–Trinajstić information content (AvgIpc) is 1.55. The van der Waals surface area contributed by atoms with Crippen molar-refractivity contribution in [2.45, 2.75) is 0 Å². The van der Waals surface area contributed by atoms with Crippen molar-refractivity contribution >= 4 is 131 Å². The van der Waals surface area contributed by atoms with Gasteiger partial charge in [0.1, 0.15) is 0 Å². The summed E-state index contributed by atoms with van der Waals surface area (Å²) in [6.07, 6.45) is 0. The fourth-order valence-corrected chi connectivity index (χ4v) is 21.0. The lowest BCUT2D eigenvalue weighted by Gasteiger charge is -2.13. The van der Waals surface area contributed by atoms with Crippen LogP contribution in [0.1, 0.15) is 0 Å². The third-order valence-electron chi connectivity index (χ3n) is 27.5. The summed E-state index contributed by atoms with van der Waals surface area (Å²) in [5.74, 6) is 5.74. The molecular weight excluding hydrogens is 1760 g/mol. The van der Waals surface area contributed by atoms with Crippen LogP contribution in [0.3, 0.4) is 0 Å². The Morgan fingerprint density at radius 1 is 0.111 bits per heavy atom. The van der Waals surface area contributed by atoms with Crippen LogP contribution in [0.5, 0.6) is 0 Å². The fourth-order valence-electron chi connectivity index (χ4n) is 21.0. The van der Waals surface area contributed by atoms with Crippen LogP contribution in [-0.4, -0.2) is 72.3 Å². The number of aromatic nitrogens is 15. The van der Waals surface area contributed by atoms with Gasteiger partial charge in [-0.25, -0.2) is 34.9 Å². The molecule has 29 aromatic rings. The third kappa shape index (κ3) is 14.5. The molecule has 0 fully saturated rings. The van der Waals surface area contributed by atoms with E-state index in [2.05, 4.69) is 349 Å². The molecule has 15 heteroatoms. The summed E-state index contributed by atoms with van der Waals surface area (Å²) in [6.45, 7) is 0. The number of hydrogen-bond donors (Lipinski definition) is 0.